The molecule has 1 aliphatic rings. The van der Waals surface area contributed by atoms with Gasteiger partial charge in [0, 0.05) is 3.57 Å². The Hall–Kier alpha value is -0.350. The summed E-state index contributed by atoms with van der Waals surface area (Å²) in [6.07, 6.45) is 7.65. The van der Waals surface area contributed by atoms with Crippen LogP contribution in [0.4, 0.5) is 0 Å². The van der Waals surface area contributed by atoms with Gasteiger partial charge in [-0.25, -0.2) is 0 Å². The number of likely N-dealkylation sites (N-methyl/N-ethyl adjacent to an activating group) is 1. The van der Waals surface area contributed by atoms with Crippen LogP contribution >= 0.6 is 22.6 Å². The first-order valence-corrected chi connectivity index (χ1v) is 7.99. The number of halogens is 1. The smallest absolute Gasteiger partial charge is 0.0546 e. The van der Waals surface area contributed by atoms with Gasteiger partial charge in [0.2, 0.25) is 0 Å². The van der Waals surface area contributed by atoms with Gasteiger partial charge in [0.1, 0.15) is 0 Å². The molecule has 1 N–H and O–H groups in total. The zero-order chi connectivity index (χ0) is 13.0. The Labute approximate surface area is 124 Å². The van der Waals surface area contributed by atoms with Crippen molar-refractivity contribution < 1.29 is 0 Å². The third kappa shape index (κ3) is 3.15. The molecule has 0 fully saturated rings. The summed E-state index contributed by atoms with van der Waals surface area (Å²) in [4.78, 5) is 0. The van der Waals surface area contributed by atoms with Gasteiger partial charge in [-0.1, -0.05) is 36.8 Å². The summed E-state index contributed by atoms with van der Waals surface area (Å²) < 4.78 is 1.41. The summed E-state index contributed by atoms with van der Waals surface area (Å²) in [6.45, 7) is 5.41. The van der Waals surface area contributed by atoms with E-state index in [9.17, 15) is 0 Å². The topological polar surface area (TPSA) is 12.0 Å². The standard InChI is InChI=1S/C16H22IN/c1-3-18-16(13-9-5-4-6-10-13)14-11-7-8-12(2)15(14)17/h7-9,11,16,18H,3-6,10H2,1-2H3. The molecular weight excluding hydrogens is 333 g/mol. The van der Waals surface area contributed by atoms with Gasteiger partial charge in [-0.3, -0.25) is 0 Å². The van der Waals surface area contributed by atoms with Gasteiger partial charge < -0.3 is 5.32 Å². The van der Waals surface area contributed by atoms with Gasteiger partial charge >= 0.3 is 0 Å². The third-order valence-corrected chi connectivity index (χ3v) is 5.11. The normalized spacial score (nSPS) is 17.4. The fraction of sp³-hybridized carbons (Fsp3) is 0.500. The molecule has 1 aliphatic carbocycles. The number of hydrogen-bond donors (Lipinski definition) is 1. The summed E-state index contributed by atoms with van der Waals surface area (Å²) in [6, 6.07) is 7.07. The predicted molar refractivity (Wildman–Crippen MR) is 86.9 cm³/mol. The highest BCUT2D eigenvalue weighted by atomic mass is 127. The maximum absolute atomic E-state index is 3.66. The van der Waals surface area contributed by atoms with E-state index in [1.807, 2.05) is 0 Å². The Bertz CT molecular complexity index is 437. The predicted octanol–water partition coefficient (Wildman–Crippen LogP) is 4.75. The molecule has 1 atom stereocenters. The fourth-order valence-electron chi connectivity index (χ4n) is 2.66. The van der Waals surface area contributed by atoms with Crippen molar-refractivity contribution in [2.24, 2.45) is 0 Å². The van der Waals surface area contributed by atoms with E-state index < -0.39 is 0 Å². The Morgan fingerprint density at radius 1 is 1.33 bits per heavy atom. The summed E-state index contributed by atoms with van der Waals surface area (Å²) in [5, 5.41) is 3.66. The van der Waals surface area contributed by atoms with Gasteiger partial charge in [-0.2, -0.15) is 0 Å². The Kier molecular flexibility index (Phi) is 5.25. The van der Waals surface area contributed by atoms with Crippen LogP contribution in [0.5, 0.6) is 0 Å². The van der Waals surface area contributed by atoms with Crippen LogP contribution in [-0.2, 0) is 0 Å². The SMILES string of the molecule is CCNC(C1=CCCCC1)c1cccc(C)c1I. The molecule has 1 nitrogen and oxygen atoms in total. The fourth-order valence-corrected chi connectivity index (χ4v) is 3.33. The van der Waals surface area contributed by atoms with Gasteiger partial charge in [-0.05, 0) is 72.9 Å². The van der Waals surface area contributed by atoms with E-state index >= 15 is 0 Å². The molecule has 0 saturated carbocycles. The van der Waals surface area contributed by atoms with E-state index in [4.69, 9.17) is 0 Å². The van der Waals surface area contributed by atoms with Crippen LogP contribution in [0.15, 0.2) is 29.8 Å². The number of benzene rings is 1. The molecule has 0 spiro atoms. The molecule has 0 saturated heterocycles. The number of aryl methyl sites for hydroxylation is 1. The van der Waals surface area contributed by atoms with Crippen molar-refractivity contribution in [3.05, 3.63) is 44.5 Å². The van der Waals surface area contributed by atoms with Crippen LogP contribution in [-0.4, -0.2) is 6.54 Å². The highest BCUT2D eigenvalue weighted by Crippen LogP contribution is 2.33. The molecule has 2 rings (SSSR count). The summed E-state index contributed by atoms with van der Waals surface area (Å²) in [5.41, 5.74) is 4.42. The minimum Gasteiger partial charge on any atom is -0.307 e. The first-order valence-electron chi connectivity index (χ1n) is 6.91. The van der Waals surface area contributed by atoms with Crippen molar-refractivity contribution in [1.29, 1.82) is 0 Å². The average Bonchev–Trinajstić information content (AvgIpc) is 2.41. The minimum atomic E-state index is 0.419. The maximum atomic E-state index is 3.66. The lowest BCUT2D eigenvalue weighted by molar-refractivity contribution is 0.562. The monoisotopic (exact) mass is 355 g/mol. The Morgan fingerprint density at radius 3 is 2.83 bits per heavy atom. The average molecular weight is 355 g/mol. The van der Waals surface area contributed by atoms with E-state index in [1.54, 1.807) is 5.57 Å². The second kappa shape index (κ2) is 6.71. The highest BCUT2D eigenvalue weighted by molar-refractivity contribution is 14.1. The molecular formula is C16H22IN. The van der Waals surface area contributed by atoms with Crippen LogP contribution < -0.4 is 5.32 Å². The van der Waals surface area contributed by atoms with Crippen molar-refractivity contribution >= 4 is 22.6 Å². The van der Waals surface area contributed by atoms with Gasteiger partial charge in [0.15, 0.2) is 0 Å². The molecule has 98 valence electrons. The van der Waals surface area contributed by atoms with Crippen molar-refractivity contribution in [3.8, 4) is 0 Å². The summed E-state index contributed by atoms with van der Waals surface area (Å²) >= 11 is 2.49. The number of allylic oxidation sites excluding steroid dienone is 1. The minimum absolute atomic E-state index is 0.419. The Morgan fingerprint density at radius 2 is 2.17 bits per heavy atom. The van der Waals surface area contributed by atoms with Crippen molar-refractivity contribution in [1.82, 2.24) is 5.32 Å². The van der Waals surface area contributed by atoms with Crippen LogP contribution in [0.2, 0.25) is 0 Å². The number of rotatable bonds is 4. The molecule has 0 bridgehead atoms. The van der Waals surface area contributed by atoms with E-state index in [0.717, 1.165) is 6.54 Å². The second-order valence-corrected chi connectivity index (χ2v) is 6.07. The molecule has 1 unspecified atom stereocenters. The van der Waals surface area contributed by atoms with Gasteiger partial charge in [-0.15, -0.1) is 0 Å². The van der Waals surface area contributed by atoms with Crippen LogP contribution in [0.1, 0.15) is 49.8 Å². The molecule has 0 radical (unpaired) electrons. The third-order valence-electron chi connectivity index (χ3n) is 3.64. The molecule has 0 aromatic heterocycles. The lowest BCUT2D eigenvalue weighted by Crippen LogP contribution is -2.24. The molecule has 2 heteroatoms. The molecule has 18 heavy (non-hydrogen) atoms. The molecule has 0 heterocycles. The molecule has 1 aromatic carbocycles. The number of hydrogen-bond acceptors (Lipinski definition) is 1. The first-order chi connectivity index (χ1) is 8.74. The lowest BCUT2D eigenvalue weighted by atomic mass is 9.89. The highest BCUT2D eigenvalue weighted by Gasteiger charge is 2.19. The zero-order valence-electron chi connectivity index (χ0n) is 11.3. The number of nitrogens with one attached hydrogen (secondary N) is 1. The first kappa shape index (κ1) is 14.1. The maximum Gasteiger partial charge on any atom is 0.0546 e. The van der Waals surface area contributed by atoms with E-state index in [1.165, 1.54) is 40.4 Å². The van der Waals surface area contributed by atoms with Crippen LogP contribution in [0.25, 0.3) is 0 Å². The van der Waals surface area contributed by atoms with Crippen molar-refractivity contribution in [2.45, 2.75) is 45.6 Å². The van der Waals surface area contributed by atoms with Crippen molar-refractivity contribution in [3.63, 3.8) is 0 Å². The molecule has 1 aromatic rings. The van der Waals surface area contributed by atoms with E-state index in [-0.39, 0.29) is 0 Å². The second-order valence-electron chi connectivity index (χ2n) is 4.99. The summed E-state index contributed by atoms with van der Waals surface area (Å²) in [7, 11) is 0. The quantitative estimate of drug-likeness (QED) is 0.607. The van der Waals surface area contributed by atoms with E-state index in [0.29, 0.717) is 6.04 Å². The van der Waals surface area contributed by atoms with Crippen LogP contribution in [0.3, 0.4) is 0 Å². The zero-order valence-corrected chi connectivity index (χ0v) is 13.5. The summed E-state index contributed by atoms with van der Waals surface area (Å²) in [5.74, 6) is 0. The molecule has 0 aliphatic heterocycles. The van der Waals surface area contributed by atoms with Gasteiger partial charge in [0.05, 0.1) is 6.04 Å². The van der Waals surface area contributed by atoms with Crippen molar-refractivity contribution in [2.75, 3.05) is 6.54 Å². The largest absolute Gasteiger partial charge is 0.307 e. The van der Waals surface area contributed by atoms with E-state index in [2.05, 4.69) is 66.0 Å². The van der Waals surface area contributed by atoms with Gasteiger partial charge in [0.25, 0.3) is 0 Å². The lowest BCUT2D eigenvalue weighted by Gasteiger charge is -2.26. The molecule has 0 amide bonds. The van der Waals surface area contributed by atoms with Crippen LogP contribution in [0, 0.1) is 10.5 Å². The Balaban J connectivity index is 2.34.